The van der Waals surface area contributed by atoms with Crippen LogP contribution >= 0.6 is 11.8 Å². The van der Waals surface area contributed by atoms with Crippen LogP contribution in [0.4, 0.5) is 0 Å². The Morgan fingerprint density at radius 3 is 2.83 bits per heavy atom. The molecule has 2 aromatic rings. The first-order chi connectivity index (χ1) is 11.6. The van der Waals surface area contributed by atoms with E-state index in [4.69, 9.17) is 13.9 Å². The lowest BCUT2D eigenvalue weighted by molar-refractivity contribution is 0.107. The maximum absolute atomic E-state index is 11.5. The molecule has 0 bridgehead atoms. The van der Waals surface area contributed by atoms with Gasteiger partial charge in [0.1, 0.15) is 12.7 Å². The number of hydrogen-bond acceptors (Lipinski definition) is 8. The van der Waals surface area contributed by atoms with Crippen molar-refractivity contribution < 1.29 is 22.3 Å². The number of para-hydroxylation sites is 2. The van der Waals surface area contributed by atoms with Gasteiger partial charge in [-0.05, 0) is 18.6 Å². The molecule has 2 aliphatic rings. The average molecular weight is 368 g/mol. The summed E-state index contributed by atoms with van der Waals surface area (Å²) in [7, 11) is -2.96. The van der Waals surface area contributed by atoms with Gasteiger partial charge in [-0.3, -0.25) is 0 Å². The fourth-order valence-corrected chi connectivity index (χ4v) is 5.21. The highest BCUT2D eigenvalue weighted by Gasteiger charge is 2.33. The molecule has 9 heteroatoms. The molecule has 1 aromatic heterocycles. The number of sulfone groups is 1. The summed E-state index contributed by atoms with van der Waals surface area (Å²) >= 11 is 1.39. The molecule has 0 N–H and O–H groups in total. The zero-order valence-electron chi connectivity index (χ0n) is 12.8. The Labute approximate surface area is 143 Å². The van der Waals surface area contributed by atoms with Crippen LogP contribution in [-0.4, -0.2) is 48.6 Å². The van der Waals surface area contributed by atoms with Gasteiger partial charge in [0.15, 0.2) is 21.3 Å². The van der Waals surface area contributed by atoms with Gasteiger partial charge < -0.3 is 13.9 Å². The van der Waals surface area contributed by atoms with E-state index in [0.29, 0.717) is 29.9 Å². The van der Waals surface area contributed by atoms with Gasteiger partial charge in [0, 0.05) is 5.75 Å². The molecule has 2 atom stereocenters. The lowest BCUT2D eigenvalue weighted by atomic mass is 10.1. The molecule has 0 unspecified atom stereocenters. The van der Waals surface area contributed by atoms with Gasteiger partial charge in [-0.1, -0.05) is 23.9 Å². The molecular formula is C15H16N2O5S2. The Kier molecular flexibility index (Phi) is 4.13. The van der Waals surface area contributed by atoms with Crippen LogP contribution in [0.3, 0.4) is 0 Å². The molecule has 1 saturated heterocycles. The Morgan fingerprint density at radius 2 is 2.04 bits per heavy atom. The van der Waals surface area contributed by atoms with Crippen LogP contribution < -0.4 is 9.47 Å². The van der Waals surface area contributed by atoms with Crippen molar-refractivity contribution in [3.63, 3.8) is 0 Å². The zero-order chi connectivity index (χ0) is 16.6. The second-order valence-electron chi connectivity index (χ2n) is 5.81. The topological polar surface area (TPSA) is 91.5 Å². The molecule has 0 aliphatic carbocycles. The summed E-state index contributed by atoms with van der Waals surface area (Å²) in [5.74, 6) is 2.60. The van der Waals surface area contributed by atoms with Crippen LogP contribution in [0.25, 0.3) is 0 Å². The molecule has 3 heterocycles. The maximum Gasteiger partial charge on any atom is 0.276 e. The van der Waals surface area contributed by atoms with Crippen molar-refractivity contribution in [2.45, 2.75) is 23.7 Å². The Hall–Kier alpha value is -1.74. The minimum atomic E-state index is -2.96. The molecule has 24 heavy (non-hydrogen) atoms. The standard InChI is InChI=1S/C15H16N2O5S2/c18-24(19)6-5-10(9-24)14-16-17-15(22-14)23-8-11-7-20-12-3-1-2-4-13(12)21-11/h1-4,10-11H,5-9H2/t10-,11+/m0/s1. The second kappa shape index (κ2) is 6.29. The van der Waals surface area contributed by atoms with E-state index in [2.05, 4.69) is 10.2 Å². The van der Waals surface area contributed by atoms with E-state index in [1.165, 1.54) is 11.8 Å². The second-order valence-corrected chi connectivity index (χ2v) is 9.01. The summed E-state index contributed by atoms with van der Waals surface area (Å²) in [5.41, 5.74) is 0. The van der Waals surface area contributed by atoms with E-state index in [1.54, 1.807) is 0 Å². The van der Waals surface area contributed by atoms with E-state index in [9.17, 15) is 8.42 Å². The lowest BCUT2D eigenvalue weighted by Crippen LogP contribution is -2.31. The van der Waals surface area contributed by atoms with Crippen LogP contribution in [0, 0.1) is 0 Å². The number of thioether (sulfide) groups is 1. The summed E-state index contributed by atoms with van der Waals surface area (Å²) in [4.78, 5) is 0. The van der Waals surface area contributed by atoms with Crippen LogP contribution in [0.15, 0.2) is 33.9 Å². The largest absolute Gasteiger partial charge is 0.486 e. The SMILES string of the molecule is O=S1(=O)CC[C@H](c2nnc(SC[C@H]3COc4ccccc4O3)o2)C1. The van der Waals surface area contributed by atoms with Crippen molar-refractivity contribution >= 4 is 21.6 Å². The summed E-state index contributed by atoms with van der Waals surface area (Å²) < 4.78 is 40.2. The van der Waals surface area contributed by atoms with Gasteiger partial charge >= 0.3 is 0 Å². The van der Waals surface area contributed by atoms with Crippen LogP contribution in [0.1, 0.15) is 18.2 Å². The molecule has 4 rings (SSSR count). The maximum atomic E-state index is 11.5. The number of rotatable bonds is 4. The summed E-state index contributed by atoms with van der Waals surface area (Å²) in [6.45, 7) is 0.464. The predicted molar refractivity (Wildman–Crippen MR) is 87.4 cm³/mol. The van der Waals surface area contributed by atoms with Crippen molar-refractivity contribution in [1.82, 2.24) is 10.2 Å². The number of benzene rings is 1. The lowest BCUT2D eigenvalue weighted by Gasteiger charge is -2.25. The molecule has 128 valence electrons. The molecule has 0 saturated carbocycles. The van der Waals surface area contributed by atoms with Gasteiger partial charge in [0.2, 0.25) is 5.89 Å². The normalized spacial score (nSPS) is 24.8. The van der Waals surface area contributed by atoms with Crippen molar-refractivity contribution in [3.05, 3.63) is 30.2 Å². The molecule has 1 fully saturated rings. The number of fused-ring (bicyclic) bond motifs is 1. The Bertz CT molecular complexity index is 836. The highest BCUT2D eigenvalue weighted by Crippen LogP contribution is 2.33. The van der Waals surface area contributed by atoms with Crippen molar-refractivity contribution in [2.24, 2.45) is 0 Å². The van der Waals surface area contributed by atoms with E-state index >= 15 is 0 Å². The first kappa shape index (κ1) is 15.8. The van der Waals surface area contributed by atoms with Crippen molar-refractivity contribution in [1.29, 1.82) is 0 Å². The van der Waals surface area contributed by atoms with Crippen LogP contribution in [-0.2, 0) is 9.84 Å². The summed E-state index contributed by atoms with van der Waals surface area (Å²) in [5, 5.41) is 8.41. The van der Waals surface area contributed by atoms with Crippen molar-refractivity contribution in [3.8, 4) is 11.5 Å². The third-order valence-corrected chi connectivity index (χ3v) is 6.68. The first-order valence-electron chi connectivity index (χ1n) is 7.64. The van der Waals surface area contributed by atoms with Gasteiger partial charge in [-0.15, -0.1) is 10.2 Å². The number of aromatic nitrogens is 2. The quantitative estimate of drug-likeness (QED) is 0.756. The molecular weight excluding hydrogens is 352 g/mol. The Balaban J connectivity index is 1.34. The molecule has 2 aliphatic heterocycles. The fraction of sp³-hybridized carbons (Fsp3) is 0.467. The summed E-state index contributed by atoms with van der Waals surface area (Å²) in [6.07, 6.45) is 0.442. The van der Waals surface area contributed by atoms with E-state index in [1.807, 2.05) is 24.3 Å². The molecule has 0 amide bonds. The minimum Gasteiger partial charge on any atom is -0.486 e. The summed E-state index contributed by atoms with van der Waals surface area (Å²) in [6, 6.07) is 7.55. The van der Waals surface area contributed by atoms with Gasteiger partial charge in [0.05, 0.1) is 17.4 Å². The number of hydrogen-bond donors (Lipinski definition) is 0. The van der Waals surface area contributed by atoms with Gasteiger partial charge in [-0.2, -0.15) is 0 Å². The van der Waals surface area contributed by atoms with E-state index < -0.39 is 9.84 Å². The minimum absolute atomic E-state index is 0.0929. The highest BCUT2D eigenvalue weighted by molar-refractivity contribution is 7.99. The molecule has 0 spiro atoms. The van der Waals surface area contributed by atoms with E-state index in [-0.39, 0.29) is 23.5 Å². The van der Waals surface area contributed by atoms with Crippen LogP contribution in [0.5, 0.6) is 11.5 Å². The molecule has 7 nitrogen and oxygen atoms in total. The molecule has 1 aromatic carbocycles. The number of ether oxygens (including phenoxy) is 2. The first-order valence-corrected chi connectivity index (χ1v) is 10.4. The number of nitrogens with zero attached hydrogens (tertiary/aromatic N) is 2. The predicted octanol–water partition coefficient (Wildman–Crippen LogP) is 1.90. The smallest absolute Gasteiger partial charge is 0.276 e. The van der Waals surface area contributed by atoms with E-state index in [0.717, 1.165) is 11.5 Å². The average Bonchev–Trinajstić information content (AvgIpc) is 3.19. The van der Waals surface area contributed by atoms with Gasteiger partial charge in [0.25, 0.3) is 5.22 Å². The zero-order valence-corrected chi connectivity index (χ0v) is 14.4. The monoisotopic (exact) mass is 368 g/mol. The Morgan fingerprint density at radius 1 is 1.21 bits per heavy atom. The molecule has 0 radical (unpaired) electrons. The van der Waals surface area contributed by atoms with Crippen molar-refractivity contribution in [2.75, 3.05) is 23.9 Å². The van der Waals surface area contributed by atoms with Crippen LogP contribution in [0.2, 0.25) is 0 Å². The van der Waals surface area contributed by atoms with Gasteiger partial charge in [-0.25, -0.2) is 8.42 Å². The highest BCUT2D eigenvalue weighted by atomic mass is 32.2. The third-order valence-electron chi connectivity index (χ3n) is 3.96. The third kappa shape index (κ3) is 3.36. The fourth-order valence-electron chi connectivity index (χ4n) is 2.74.